The Bertz CT molecular complexity index is 691. The molecule has 0 saturated carbocycles. The van der Waals surface area contributed by atoms with E-state index in [1.807, 2.05) is 28.8 Å². The predicted octanol–water partition coefficient (Wildman–Crippen LogP) is 3.90. The number of hydrogen-bond acceptors (Lipinski definition) is 1. The van der Waals surface area contributed by atoms with Gasteiger partial charge in [0.05, 0.1) is 17.3 Å². The highest BCUT2D eigenvalue weighted by Crippen LogP contribution is 2.25. The van der Waals surface area contributed by atoms with Gasteiger partial charge < -0.3 is 0 Å². The van der Waals surface area contributed by atoms with E-state index in [0.29, 0.717) is 11.4 Å². The molecule has 4 heteroatoms. The van der Waals surface area contributed by atoms with Gasteiger partial charge in [0.25, 0.3) is 0 Å². The summed E-state index contributed by atoms with van der Waals surface area (Å²) in [5.74, 6) is 0.337. The molecule has 0 saturated heterocycles. The lowest BCUT2D eigenvalue weighted by Gasteiger charge is -2.03. The summed E-state index contributed by atoms with van der Waals surface area (Å²) in [6, 6.07) is 10.6. The lowest BCUT2D eigenvalue weighted by molar-refractivity contribution is 0.629. The van der Waals surface area contributed by atoms with Crippen molar-refractivity contribution in [2.24, 2.45) is 0 Å². The molecule has 0 N–H and O–H groups in total. The fourth-order valence-corrected chi connectivity index (χ4v) is 2.17. The molecule has 0 bridgehead atoms. The SMILES string of the molecule is Fc1ccc(Br)cc1-c1ncc2ccccn12. The van der Waals surface area contributed by atoms with Gasteiger partial charge in [-0.2, -0.15) is 0 Å². The number of halogens is 2. The molecule has 1 aromatic carbocycles. The highest BCUT2D eigenvalue weighted by molar-refractivity contribution is 9.10. The molecule has 0 radical (unpaired) electrons. The minimum Gasteiger partial charge on any atom is -0.300 e. The first-order chi connectivity index (χ1) is 8.25. The van der Waals surface area contributed by atoms with Gasteiger partial charge in [0.15, 0.2) is 0 Å². The van der Waals surface area contributed by atoms with Gasteiger partial charge in [-0.25, -0.2) is 9.37 Å². The van der Waals surface area contributed by atoms with Crippen LogP contribution in [0.5, 0.6) is 0 Å². The third-order valence-corrected chi connectivity index (χ3v) is 3.10. The molecule has 0 amide bonds. The van der Waals surface area contributed by atoms with Crippen LogP contribution < -0.4 is 0 Å². The van der Waals surface area contributed by atoms with Crippen LogP contribution >= 0.6 is 15.9 Å². The Balaban J connectivity index is 2.31. The highest BCUT2D eigenvalue weighted by Gasteiger charge is 2.11. The molecule has 2 nitrogen and oxygen atoms in total. The second-order valence-corrected chi connectivity index (χ2v) is 4.62. The topological polar surface area (TPSA) is 17.3 Å². The van der Waals surface area contributed by atoms with Crippen molar-refractivity contribution in [3.05, 3.63) is 59.1 Å². The Kier molecular flexibility index (Phi) is 2.44. The minimum atomic E-state index is -0.274. The van der Waals surface area contributed by atoms with E-state index in [0.717, 1.165) is 9.99 Å². The van der Waals surface area contributed by atoms with E-state index in [4.69, 9.17) is 0 Å². The molecule has 0 spiro atoms. The van der Waals surface area contributed by atoms with Crippen molar-refractivity contribution in [2.45, 2.75) is 0 Å². The van der Waals surface area contributed by atoms with Crippen LogP contribution in [0.2, 0.25) is 0 Å². The van der Waals surface area contributed by atoms with Gasteiger partial charge in [-0.05, 0) is 30.3 Å². The summed E-state index contributed by atoms with van der Waals surface area (Å²) < 4.78 is 16.5. The summed E-state index contributed by atoms with van der Waals surface area (Å²) in [7, 11) is 0. The summed E-state index contributed by atoms with van der Waals surface area (Å²) in [5.41, 5.74) is 1.44. The second-order valence-electron chi connectivity index (χ2n) is 3.70. The van der Waals surface area contributed by atoms with E-state index < -0.39 is 0 Å². The Morgan fingerprint density at radius 1 is 1.18 bits per heavy atom. The first kappa shape index (κ1) is 10.5. The molecule has 0 aliphatic rings. The van der Waals surface area contributed by atoms with Crippen molar-refractivity contribution < 1.29 is 4.39 Å². The van der Waals surface area contributed by atoms with Gasteiger partial charge in [0.1, 0.15) is 11.6 Å². The third kappa shape index (κ3) is 1.74. The zero-order valence-electron chi connectivity index (χ0n) is 8.77. The van der Waals surface area contributed by atoms with Crippen molar-refractivity contribution in [3.8, 4) is 11.4 Å². The van der Waals surface area contributed by atoms with Crippen molar-refractivity contribution >= 4 is 21.4 Å². The number of nitrogens with zero attached hydrogens (tertiary/aromatic N) is 2. The van der Waals surface area contributed by atoms with Gasteiger partial charge >= 0.3 is 0 Å². The molecule has 17 heavy (non-hydrogen) atoms. The summed E-state index contributed by atoms with van der Waals surface area (Å²) in [6.45, 7) is 0. The smallest absolute Gasteiger partial charge is 0.147 e. The van der Waals surface area contributed by atoms with Crippen LogP contribution in [0.15, 0.2) is 53.3 Å². The molecule has 2 aromatic heterocycles. The molecule has 3 aromatic rings. The molecule has 0 unspecified atom stereocenters. The Morgan fingerprint density at radius 3 is 2.94 bits per heavy atom. The van der Waals surface area contributed by atoms with Gasteiger partial charge in [-0.3, -0.25) is 4.40 Å². The normalized spacial score (nSPS) is 10.9. The van der Waals surface area contributed by atoms with Crippen LogP contribution in [-0.2, 0) is 0 Å². The van der Waals surface area contributed by atoms with E-state index in [9.17, 15) is 4.39 Å². The molecular weight excluding hydrogens is 283 g/mol. The third-order valence-electron chi connectivity index (χ3n) is 2.61. The molecule has 84 valence electrons. The van der Waals surface area contributed by atoms with E-state index >= 15 is 0 Å². The largest absolute Gasteiger partial charge is 0.300 e. The van der Waals surface area contributed by atoms with Crippen molar-refractivity contribution in [1.29, 1.82) is 0 Å². The first-order valence-electron chi connectivity index (χ1n) is 5.13. The predicted molar refractivity (Wildman–Crippen MR) is 68.3 cm³/mol. The molecule has 0 aliphatic carbocycles. The van der Waals surface area contributed by atoms with Crippen LogP contribution in [0.4, 0.5) is 4.39 Å². The minimum absolute atomic E-state index is 0.274. The number of rotatable bonds is 1. The maximum Gasteiger partial charge on any atom is 0.147 e. The van der Waals surface area contributed by atoms with Crippen molar-refractivity contribution in [1.82, 2.24) is 9.38 Å². The van der Waals surface area contributed by atoms with E-state index in [-0.39, 0.29) is 5.82 Å². The number of benzene rings is 1. The standard InChI is InChI=1S/C13H8BrFN2/c14-9-4-5-12(15)11(7-9)13-16-8-10-3-1-2-6-17(10)13/h1-8H. The Labute approximate surface area is 106 Å². The molecule has 2 heterocycles. The van der Waals surface area contributed by atoms with E-state index in [2.05, 4.69) is 20.9 Å². The van der Waals surface area contributed by atoms with Gasteiger partial charge in [0.2, 0.25) is 0 Å². The van der Waals surface area contributed by atoms with Crippen LogP contribution in [0.3, 0.4) is 0 Å². The number of aromatic nitrogens is 2. The van der Waals surface area contributed by atoms with Crippen LogP contribution in [0.1, 0.15) is 0 Å². The monoisotopic (exact) mass is 290 g/mol. The maximum absolute atomic E-state index is 13.8. The average Bonchev–Trinajstić information content (AvgIpc) is 2.76. The molecule has 0 atom stereocenters. The fraction of sp³-hybridized carbons (Fsp3) is 0. The molecular formula is C13H8BrFN2. The summed E-state index contributed by atoms with van der Waals surface area (Å²) in [4.78, 5) is 4.27. The van der Waals surface area contributed by atoms with Gasteiger partial charge in [0, 0.05) is 10.7 Å². The van der Waals surface area contributed by atoms with Crippen LogP contribution in [0, 0.1) is 5.82 Å². The summed E-state index contributed by atoms with van der Waals surface area (Å²) in [6.07, 6.45) is 3.60. The lowest BCUT2D eigenvalue weighted by Crippen LogP contribution is -1.91. The van der Waals surface area contributed by atoms with E-state index in [1.54, 1.807) is 18.3 Å². The highest BCUT2D eigenvalue weighted by atomic mass is 79.9. The summed E-state index contributed by atoms with van der Waals surface area (Å²) >= 11 is 3.34. The average molecular weight is 291 g/mol. The van der Waals surface area contributed by atoms with Crippen LogP contribution in [-0.4, -0.2) is 9.38 Å². The van der Waals surface area contributed by atoms with E-state index in [1.165, 1.54) is 6.07 Å². The second kappa shape index (κ2) is 3.96. The van der Waals surface area contributed by atoms with Gasteiger partial charge in [-0.15, -0.1) is 0 Å². The zero-order valence-corrected chi connectivity index (χ0v) is 10.4. The number of fused-ring (bicyclic) bond motifs is 1. The maximum atomic E-state index is 13.8. The lowest BCUT2D eigenvalue weighted by atomic mass is 10.2. The number of hydrogen-bond donors (Lipinski definition) is 0. The Morgan fingerprint density at radius 2 is 2.06 bits per heavy atom. The molecule has 0 aliphatic heterocycles. The molecule has 0 fully saturated rings. The quantitative estimate of drug-likeness (QED) is 0.664. The van der Waals surface area contributed by atoms with Crippen LogP contribution in [0.25, 0.3) is 16.9 Å². The number of imidazole rings is 1. The first-order valence-corrected chi connectivity index (χ1v) is 5.92. The number of pyridine rings is 1. The zero-order chi connectivity index (χ0) is 11.8. The van der Waals surface area contributed by atoms with Crippen molar-refractivity contribution in [3.63, 3.8) is 0 Å². The Hall–Kier alpha value is -1.68. The molecule has 3 rings (SSSR count). The van der Waals surface area contributed by atoms with Crippen molar-refractivity contribution in [2.75, 3.05) is 0 Å². The van der Waals surface area contributed by atoms with Gasteiger partial charge in [-0.1, -0.05) is 22.0 Å². The summed E-state index contributed by atoms with van der Waals surface area (Å²) in [5, 5.41) is 0. The fourth-order valence-electron chi connectivity index (χ4n) is 1.81.